The van der Waals surface area contributed by atoms with Crippen molar-refractivity contribution in [2.45, 2.75) is 0 Å². The van der Waals surface area contributed by atoms with Crippen LogP contribution in [0.1, 0.15) is 0 Å². The predicted octanol–water partition coefficient (Wildman–Crippen LogP) is 3.01. The van der Waals surface area contributed by atoms with Gasteiger partial charge in [0.15, 0.2) is 0 Å². The first-order chi connectivity index (χ1) is 10.1. The Hall–Kier alpha value is -2.76. The Morgan fingerprint density at radius 2 is 1.71 bits per heavy atom. The van der Waals surface area contributed by atoms with E-state index in [4.69, 9.17) is 5.73 Å². The Morgan fingerprint density at radius 1 is 1.00 bits per heavy atom. The Morgan fingerprint density at radius 3 is 2.38 bits per heavy atom. The van der Waals surface area contributed by atoms with Gasteiger partial charge in [-0.25, -0.2) is 8.78 Å². The van der Waals surface area contributed by atoms with Gasteiger partial charge in [-0.1, -0.05) is 12.1 Å². The van der Waals surface area contributed by atoms with Gasteiger partial charge in [0.05, 0.1) is 11.8 Å². The van der Waals surface area contributed by atoms with Crippen LogP contribution in [0.15, 0.2) is 42.7 Å². The van der Waals surface area contributed by atoms with E-state index in [0.717, 1.165) is 6.20 Å². The maximum atomic E-state index is 13.4. The predicted molar refractivity (Wildman–Crippen MR) is 76.2 cm³/mol. The van der Waals surface area contributed by atoms with Gasteiger partial charge in [-0.15, -0.1) is 0 Å². The van der Waals surface area contributed by atoms with E-state index in [-0.39, 0.29) is 5.82 Å². The van der Waals surface area contributed by atoms with Crippen molar-refractivity contribution < 1.29 is 8.78 Å². The van der Waals surface area contributed by atoms with E-state index in [1.165, 1.54) is 29.1 Å². The van der Waals surface area contributed by atoms with Crippen LogP contribution < -0.4 is 5.73 Å². The molecule has 2 aromatic heterocycles. The zero-order valence-electron chi connectivity index (χ0n) is 11.2. The van der Waals surface area contributed by atoms with Crippen molar-refractivity contribution in [2.24, 2.45) is 7.05 Å². The highest BCUT2D eigenvalue weighted by Gasteiger charge is 2.18. The highest BCUT2D eigenvalue weighted by molar-refractivity contribution is 5.87. The molecule has 4 nitrogen and oxygen atoms in total. The van der Waals surface area contributed by atoms with Crippen molar-refractivity contribution in [3.05, 3.63) is 54.4 Å². The Labute approximate surface area is 119 Å². The number of hydrogen-bond acceptors (Lipinski definition) is 3. The van der Waals surface area contributed by atoms with Crippen molar-refractivity contribution in [1.82, 2.24) is 14.8 Å². The molecular weight excluding hydrogens is 274 g/mol. The number of halogens is 2. The van der Waals surface area contributed by atoms with E-state index < -0.39 is 5.82 Å². The molecule has 21 heavy (non-hydrogen) atoms. The Balaban J connectivity index is 2.23. The molecule has 0 amide bonds. The lowest BCUT2D eigenvalue weighted by Crippen LogP contribution is -1.98. The third kappa shape index (κ3) is 2.35. The number of anilines is 1. The second kappa shape index (κ2) is 4.97. The summed E-state index contributed by atoms with van der Waals surface area (Å²) >= 11 is 0. The second-order valence-electron chi connectivity index (χ2n) is 4.63. The van der Waals surface area contributed by atoms with E-state index in [0.29, 0.717) is 28.2 Å². The second-order valence-corrected chi connectivity index (χ2v) is 4.63. The highest BCUT2D eigenvalue weighted by Crippen LogP contribution is 2.35. The Kier molecular flexibility index (Phi) is 3.13. The third-order valence-electron chi connectivity index (χ3n) is 3.20. The van der Waals surface area contributed by atoms with Gasteiger partial charge in [0.25, 0.3) is 0 Å². The van der Waals surface area contributed by atoms with Crippen LogP contribution >= 0.6 is 0 Å². The van der Waals surface area contributed by atoms with Gasteiger partial charge in [0.2, 0.25) is 0 Å². The maximum absolute atomic E-state index is 13.4. The molecule has 0 radical (unpaired) electrons. The molecule has 3 rings (SSSR count). The summed E-state index contributed by atoms with van der Waals surface area (Å²) in [6, 6.07) is 7.24. The fraction of sp³-hybridized carbons (Fsp3) is 0.0667. The number of aryl methyl sites for hydroxylation is 1. The van der Waals surface area contributed by atoms with Crippen molar-refractivity contribution >= 4 is 5.82 Å². The molecule has 0 fully saturated rings. The number of aromatic nitrogens is 3. The van der Waals surface area contributed by atoms with Crippen LogP contribution in [0.5, 0.6) is 0 Å². The highest BCUT2D eigenvalue weighted by atomic mass is 19.1. The van der Waals surface area contributed by atoms with Crippen LogP contribution in [0.25, 0.3) is 22.4 Å². The van der Waals surface area contributed by atoms with E-state index in [9.17, 15) is 8.78 Å². The number of rotatable bonds is 2. The summed E-state index contributed by atoms with van der Waals surface area (Å²) in [5.74, 6) is -0.377. The maximum Gasteiger partial charge on any atom is 0.142 e. The van der Waals surface area contributed by atoms with E-state index in [1.54, 1.807) is 19.2 Å². The molecule has 0 aliphatic carbocycles. The standard InChI is InChI=1S/C15H12F2N4/c1-21-15(18)13(9-2-4-11(16)5-3-9)14(20-21)10-6-12(17)8-19-7-10/h2-8H,18H2,1H3. The van der Waals surface area contributed by atoms with E-state index >= 15 is 0 Å². The molecule has 0 bridgehead atoms. The summed E-state index contributed by atoms with van der Waals surface area (Å²) in [4.78, 5) is 3.82. The lowest BCUT2D eigenvalue weighted by molar-refractivity contribution is 0.622. The molecule has 106 valence electrons. The molecule has 0 spiro atoms. The van der Waals surface area contributed by atoms with Crippen LogP contribution in [0, 0.1) is 11.6 Å². The largest absolute Gasteiger partial charge is 0.383 e. The summed E-state index contributed by atoms with van der Waals surface area (Å²) in [6.45, 7) is 0. The lowest BCUT2D eigenvalue weighted by Gasteiger charge is -2.04. The number of nitrogens with two attached hydrogens (primary N) is 1. The third-order valence-corrected chi connectivity index (χ3v) is 3.20. The molecule has 6 heteroatoms. The molecule has 2 N–H and O–H groups in total. The molecule has 0 atom stereocenters. The quantitative estimate of drug-likeness (QED) is 0.788. The number of hydrogen-bond donors (Lipinski definition) is 1. The normalized spacial score (nSPS) is 10.8. The number of pyridine rings is 1. The molecule has 1 aromatic carbocycles. The van der Waals surface area contributed by atoms with Crippen molar-refractivity contribution in [3.8, 4) is 22.4 Å². The van der Waals surface area contributed by atoms with Gasteiger partial charge in [-0.3, -0.25) is 9.67 Å². The van der Waals surface area contributed by atoms with Crippen LogP contribution in [-0.4, -0.2) is 14.8 Å². The summed E-state index contributed by atoms with van der Waals surface area (Å²) in [6.07, 6.45) is 2.63. The average Bonchev–Trinajstić information content (AvgIpc) is 2.76. The molecule has 3 aromatic rings. The monoisotopic (exact) mass is 286 g/mol. The summed E-state index contributed by atoms with van der Waals surface area (Å²) in [5.41, 5.74) is 8.40. The van der Waals surface area contributed by atoms with Crippen molar-refractivity contribution in [3.63, 3.8) is 0 Å². The summed E-state index contributed by atoms with van der Waals surface area (Å²) in [5, 5.41) is 4.31. The first kappa shape index (κ1) is 13.2. The minimum atomic E-state index is -0.457. The molecule has 2 heterocycles. The van der Waals surface area contributed by atoms with Crippen LogP contribution in [0.2, 0.25) is 0 Å². The lowest BCUT2D eigenvalue weighted by atomic mass is 10.0. The van der Waals surface area contributed by atoms with Gasteiger partial charge in [-0.05, 0) is 23.8 Å². The smallest absolute Gasteiger partial charge is 0.142 e. The minimum absolute atomic E-state index is 0.338. The Bertz CT molecular complexity index is 794. The van der Waals surface area contributed by atoms with E-state index in [1.807, 2.05) is 0 Å². The molecule has 0 unspecified atom stereocenters. The molecule has 0 aliphatic heterocycles. The van der Waals surface area contributed by atoms with Gasteiger partial charge in [0, 0.05) is 18.8 Å². The fourth-order valence-electron chi connectivity index (χ4n) is 2.18. The molecule has 0 saturated carbocycles. The topological polar surface area (TPSA) is 56.7 Å². The van der Waals surface area contributed by atoms with Gasteiger partial charge in [-0.2, -0.15) is 5.10 Å². The van der Waals surface area contributed by atoms with E-state index in [2.05, 4.69) is 10.1 Å². The van der Waals surface area contributed by atoms with Gasteiger partial charge >= 0.3 is 0 Å². The first-order valence-electron chi connectivity index (χ1n) is 6.25. The average molecular weight is 286 g/mol. The van der Waals surface area contributed by atoms with Gasteiger partial charge < -0.3 is 5.73 Å². The molecule has 0 aliphatic rings. The molecule has 0 saturated heterocycles. The minimum Gasteiger partial charge on any atom is -0.383 e. The summed E-state index contributed by atoms with van der Waals surface area (Å²) < 4.78 is 27.9. The van der Waals surface area contributed by atoms with Crippen molar-refractivity contribution in [2.75, 3.05) is 5.73 Å². The number of nitrogens with zero attached hydrogens (tertiary/aromatic N) is 3. The zero-order chi connectivity index (χ0) is 15.0. The number of benzene rings is 1. The van der Waals surface area contributed by atoms with Crippen LogP contribution in [0.4, 0.5) is 14.6 Å². The fourth-order valence-corrected chi connectivity index (χ4v) is 2.18. The van der Waals surface area contributed by atoms with Gasteiger partial charge in [0.1, 0.15) is 23.1 Å². The molecular formula is C15H12F2N4. The summed E-state index contributed by atoms with van der Waals surface area (Å²) in [7, 11) is 1.69. The zero-order valence-corrected chi connectivity index (χ0v) is 11.2. The first-order valence-corrected chi connectivity index (χ1v) is 6.25. The SMILES string of the molecule is Cn1nc(-c2cncc(F)c2)c(-c2ccc(F)cc2)c1N. The number of nitrogen functional groups attached to an aromatic ring is 1. The van der Waals surface area contributed by atoms with Crippen LogP contribution in [0.3, 0.4) is 0 Å². The van der Waals surface area contributed by atoms with Crippen LogP contribution in [-0.2, 0) is 7.05 Å². The van der Waals surface area contributed by atoms with Crippen molar-refractivity contribution in [1.29, 1.82) is 0 Å².